The molecule has 0 spiro atoms. The standard InChI is InChI=1S/C6H5NO3/c1-4(6(8)9)5-2-7-3-10-5/h2-3H,1H2,(H,8,9). The van der Waals surface area contributed by atoms with E-state index in [1.807, 2.05) is 0 Å². The molecular formula is C6H5NO3. The molecule has 52 valence electrons. The average molecular weight is 139 g/mol. The highest BCUT2D eigenvalue weighted by Crippen LogP contribution is 2.09. The summed E-state index contributed by atoms with van der Waals surface area (Å²) in [6.07, 6.45) is 2.46. The van der Waals surface area contributed by atoms with Crippen LogP contribution in [0.3, 0.4) is 0 Å². The predicted molar refractivity (Wildman–Crippen MR) is 33.2 cm³/mol. The quantitative estimate of drug-likeness (QED) is 0.614. The summed E-state index contributed by atoms with van der Waals surface area (Å²) in [7, 11) is 0. The zero-order chi connectivity index (χ0) is 7.56. The maximum atomic E-state index is 10.2. The fraction of sp³-hybridized carbons (Fsp3) is 0. The number of oxazole rings is 1. The van der Waals surface area contributed by atoms with Crippen LogP contribution in [-0.4, -0.2) is 16.1 Å². The minimum Gasteiger partial charge on any atom is -0.478 e. The third-order valence-electron chi connectivity index (χ3n) is 0.988. The maximum absolute atomic E-state index is 10.2. The van der Waals surface area contributed by atoms with Crippen LogP contribution in [0.15, 0.2) is 23.6 Å². The summed E-state index contributed by atoms with van der Waals surface area (Å²) in [6.45, 7) is 3.26. The van der Waals surface area contributed by atoms with Crippen LogP contribution in [0.25, 0.3) is 5.57 Å². The number of aromatic nitrogens is 1. The molecule has 1 N–H and O–H groups in total. The van der Waals surface area contributed by atoms with Gasteiger partial charge in [0.25, 0.3) is 0 Å². The molecule has 0 atom stereocenters. The molecule has 0 saturated heterocycles. The van der Waals surface area contributed by atoms with Crippen molar-refractivity contribution in [1.82, 2.24) is 4.98 Å². The number of hydrogen-bond acceptors (Lipinski definition) is 3. The van der Waals surface area contributed by atoms with E-state index in [1.165, 1.54) is 6.20 Å². The number of hydrogen-bond donors (Lipinski definition) is 1. The van der Waals surface area contributed by atoms with Gasteiger partial charge in [0.1, 0.15) is 0 Å². The van der Waals surface area contributed by atoms with E-state index < -0.39 is 5.97 Å². The molecular weight excluding hydrogens is 134 g/mol. The smallest absolute Gasteiger partial charge is 0.338 e. The first kappa shape index (κ1) is 6.54. The Morgan fingerprint density at radius 1 is 1.80 bits per heavy atom. The number of nitrogens with zero attached hydrogens (tertiary/aromatic N) is 1. The summed E-state index contributed by atoms with van der Waals surface area (Å²) >= 11 is 0. The minimum atomic E-state index is -1.10. The second kappa shape index (κ2) is 2.34. The van der Waals surface area contributed by atoms with Crippen molar-refractivity contribution in [1.29, 1.82) is 0 Å². The largest absolute Gasteiger partial charge is 0.478 e. The Bertz CT molecular complexity index is 250. The Balaban J connectivity index is 2.88. The van der Waals surface area contributed by atoms with Gasteiger partial charge in [-0.3, -0.25) is 0 Å². The molecule has 0 aliphatic rings. The van der Waals surface area contributed by atoms with Gasteiger partial charge in [0.15, 0.2) is 12.2 Å². The van der Waals surface area contributed by atoms with Gasteiger partial charge in [0.05, 0.1) is 11.8 Å². The van der Waals surface area contributed by atoms with Crippen molar-refractivity contribution in [2.24, 2.45) is 0 Å². The maximum Gasteiger partial charge on any atom is 0.338 e. The first-order valence-corrected chi connectivity index (χ1v) is 2.53. The van der Waals surface area contributed by atoms with Crippen molar-refractivity contribution >= 4 is 11.5 Å². The summed E-state index contributed by atoms with van der Waals surface area (Å²) in [5.41, 5.74) is -0.0856. The van der Waals surface area contributed by atoms with Crippen LogP contribution in [0, 0.1) is 0 Å². The van der Waals surface area contributed by atoms with Crippen molar-refractivity contribution in [3.8, 4) is 0 Å². The highest BCUT2D eigenvalue weighted by molar-refractivity contribution is 6.13. The van der Waals surface area contributed by atoms with Crippen molar-refractivity contribution in [2.45, 2.75) is 0 Å². The Labute approximate surface area is 56.8 Å². The fourth-order valence-electron chi connectivity index (χ4n) is 0.470. The lowest BCUT2D eigenvalue weighted by atomic mass is 10.2. The molecule has 1 aromatic rings. The van der Waals surface area contributed by atoms with Crippen LogP contribution in [-0.2, 0) is 4.79 Å². The minimum absolute atomic E-state index is 0.0856. The molecule has 0 unspecified atom stereocenters. The normalized spacial score (nSPS) is 9.20. The molecule has 0 saturated carbocycles. The molecule has 1 aromatic heterocycles. The van der Waals surface area contributed by atoms with Gasteiger partial charge in [0, 0.05) is 0 Å². The molecule has 4 nitrogen and oxygen atoms in total. The van der Waals surface area contributed by atoms with Gasteiger partial charge in [-0.1, -0.05) is 6.58 Å². The van der Waals surface area contributed by atoms with Crippen molar-refractivity contribution < 1.29 is 14.3 Å². The highest BCUT2D eigenvalue weighted by Gasteiger charge is 2.09. The van der Waals surface area contributed by atoms with Gasteiger partial charge in [-0.05, 0) is 0 Å². The molecule has 0 fully saturated rings. The summed E-state index contributed by atoms with van der Waals surface area (Å²) in [4.78, 5) is 13.7. The van der Waals surface area contributed by atoms with E-state index in [1.54, 1.807) is 0 Å². The Morgan fingerprint density at radius 2 is 2.50 bits per heavy atom. The first-order valence-electron chi connectivity index (χ1n) is 2.53. The van der Waals surface area contributed by atoms with E-state index in [-0.39, 0.29) is 11.3 Å². The van der Waals surface area contributed by atoms with E-state index in [2.05, 4.69) is 16.0 Å². The predicted octanol–water partition coefficient (Wildman–Crippen LogP) is 0.772. The molecule has 4 heteroatoms. The number of rotatable bonds is 2. The molecule has 0 radical (unpaired) electrons. The van der Waals surface area contributed by atoms with Crippen LogP contribution in [0.1, 0.15) is 5.76 Å². The lowest BCUT2D eigenvalue weighted by molar-refractivity contribution is -0.130. The van der Waals surface area contributed by atoms with Crippen LogP contribution >= 0.6 is 0 Å². The zero-order valence-corrected chi connectivity index (χ0v) is 5.07. The SMILES string of the molecule is C=C(C(=O)O)c1cnco1. The lowest BCUT2D eigenvalue weighted by Crippen LogP contribution is -1.95. The third kappa shape index (κ3) is 1.05. The van der Waals surface area contributed by atoms with E-state index in [9.17, 15) is 4.79 Å². The van der Waals surface area contributed by atoms with E-state index in [0.717, 1.165) is 6.39 Å². The molecule has 10 heavy (non-hydrogen) atoms. The average Bonchev–Trinajstić information content (AvgIpc) is 2.36. The van der Waals surface area contributed by atoms with Gasteiger partial charge in [-0.25, -0.2) is 9.78 Å². The van der Waals surface area contributed by atoms with Crippen LogP contribution in [0.2, 0.25) is 0 Å². The van der Waals surface area contributed by atoms with Gasteiger partial charge in [-0.15, -0.1) is 0 Å². The van der Waals surface area contributed by atoms with Gasteiger partial charge < -0.3 is 9.52 Å². The van der Waals surface area contributed by atoms with Crippen molar-refractivity contribution in [3.05, 3.63) is 24.9 Å². The first-order chi connectivity index (χ1) is 4.72. The molecule has 0 bridgehead atoms. The summed E-state index contributed by atoms with van der Waals surface area (Å²) in [6, 6.07) is 0. The van der Waals surface area contributed by atoms with Crippen molar-refractivity contribution in [2.75, 3.05) is 0 Å². The number of carboxylic acid groups (broad SMARTS) is 1. The molecule has 1 rings (SSSR count). The molecule has 0 aliphatic carbocycles. The van der Waals surface area contributed by atoms with Crippen molar-refractivity contribution in [3.63, 3.8) is 0 Å². The number of carboxylic acids is 1. The Kier molecular flexibility index (Phi) is 1.53. The summed E-state index contributed by atoms with van der Waals surface area (Å²) in [5, 5.41) is 8.37. The third-order valence-corrected chi connectivity index (χ3v) is 0.988. The fourth-order valence-corrected chi connectivity index (χ4v) is 0.470. The van der Waals surface area contributed by atoms with Crippen LogP contribution in [0.4, 0.5) is 0 Å². The van der Waals surface area contributed by atoms with E-state index in [4.69, 9.17) is 5.11 Å². The highest BCUT2D eigenvalue weighted by atomic mass is 16.4. The number of aliphatic carboxylic acids is 1. The van der Waals surface area contributed by atoms with Gasteiger partial charge >= 0.3 is 5.97 Å². The second-order valence-corrected chi connectivity index (χ2v) is 1.65. The topological polar surface area (TPSA) is 63.3 Å². The Hall–Kier alpha value is -1.58. The van der Waals surface area contributed by atoms with Crippen LogP contribution < -0.4 is 0 Å². The van der Waals surface area contributed by atoms with Gasteiger partial charge in [0.2, 0.25) is 0 Å². The summed E-state index contributed by atoms with van der Waals surface area (Å²) < 4.78 is 4.67. The second-order valence-electron chi connectivity index (χ2n) is 1.65. The van der Waals surface area contributed by atoms with Crippen LogP contribution in [0.5, 0.6) is 0 Å². The summed E-state index contributed by atoms with van der Waals surface area (Å²) in [5.74, 6) is -0.913. The molecule has 0 aliphatic heterocycles. The zero-order valence-electron chi connectivity index (χ0n) is 5.07. The molecule has 1 heterocycles. The monoisotopic (exact) mass is 139 g/mol. The molecule has 0 amide bonds. The van der Waals surface area contributed by atoms with E-state index >= 15 is 0 Å². The number of carbonyl (C=O) groups is 1. The molecule has 0 aromatic carbocycles. The van der Waals surface area contributed by atoms with Gasteiger partial charge in [-0.2, -0.15) is 0 Å². The van der Waals surface area contributed by atoms with E-state index in [0.29, 0.717) is 0 Å². The lowest BCUT2D eigenvalue weighted by Gasteiger charge is -1.89. The Morgan fingerprint density at radius 3 is 2.90 bits per heavy atom.